The van der Waals surface area contributed by atoms with E-state index in [1.165, 1.54) is 0 Å². The van der Waals surface area contributed by atoms with E-state index in [0.29, 0.717) is 40.2 Å². The summed E-state index contributed by atoms with van der Waals surface area (Å²) in [5, 5.41) is 10.3. The molecule has 0 saturated heterocycles. The highest BCUT2D eigenvalue weighted by atomic mass is 16.7. The molecule has 0 fully saturated rings. The van der Waals surface area contributed by atoms with Crippen LogP contribution in [0.25, 0.3) is 11.0 Å². The quantitative estimate of drug-likeness (QED) is 0.687. The molecule has 138 valence electrons. The molecule has 3 aromatic rings. The first-order valence-corrected chi connectivity index (χ1v) is 8.67. The van der Waals surface area contributed by atoms with Crippen LogP contribution >= 0.6 is 0 Å². The van der Waals surface area contributed by atoms with Gasteiger partial charge < -0.3 is 24.4 Å². The van der Waals surface area contributed by atoms with Crippen LogP contribution in [-0.4, -0.2) is 6.79 Å². The van der Waals surface area contributed by atoms with Crippen molar-refractivity contribution < 1.29 is 18.6 Å². The van der Waals surface area contributed by atoms with E-state index in [2.05, 4.69) is 6.07 Å². The lowest BCUT2D eigenvalue weighted by atomic mass is 9.84. The second-order valence-electron chi connectivity index (χ2n) is 6.56. The molecule has 2 aliphatic heterocycles. The van der Waals surface area contributed by atoms with E-state index >= 15 is 0 Å². The molecule has 0 amide bonds. The van der Waals surface area contributed by atoms with Crippen molar-refractivity contribution >= 4 is 11.0 Å². The highest BCUT2D eigenvalue weighted by Crippen LogP contribution is 2.42. The number of rotatable bonds is 2. The zero-order valence-corrected chi connectivity index (χ0v) is 14.6. The van der Waals surface area contributed by atoms with E-state index < -0.39 is 11.5 Å². The molecule has 7 heteroatoms. The Hall–Kier alpha value is -3.92. The number of nitrogens with zero attached hydrogens (tertiary/aromatic N) is 1. The van der Waals surface area contributed by atoms with Gasteiger partial charge in [0, 0.05) is 5.92 Å². The smallest absolute Gasteiger partial charge is 0.343 e. The predicted molar refractivity (Wildman–Crippen MR) is 98.9 cm³/mol. The van der Waals surface area contributed by atoms with Gasteiger partial charge in [0.25, 0.3) is 0 Å². The van der Waals surface area contributed by atoms with Gasteiger partial charge in [-0.1, -0.05) is 18.2 Å². The maximum atomic E-state index is 12.8. The minimum absolute atomic E-state index is 0.00324. The molecule has 1 atom stereocenters. The normalized spacial score (nSPS) is 17.2. The van der Waals surface area contributed by atoms with Crippen LogP contribution in [0.5, 0.6) is 17.2 Å². The summed E-state index contributed by atoms with van der Waals surface area (Å²) in [4.78, 5) is 12.8. The van der Waals surface area contributed by atoms with Gasteiger partial charge in [0.15, 0.2) is 17.2 Å². The molecule has 0 radical (unpaired) electrons. The fraction of sp³-hybridized carbons (Fsp3) is 0.143. The first-order chi connectivity index (χ1) is 13.7. The fourth-order valence-corrected chi connectivity index (χ4v) is 3.67. The van der Waals surface area contributed by atoms with Gasteiger partial charge >= 0.3 is 5.63 Å². The molecule has 5 rings (SSSR count). The van der Waals surface area contributed by atoms with Crippen LogP contribution < -0.4 is 25.6 Å². The molecule has 2 N–H and O–H groups in total. The number of hydrogen-bond donors (Lipinski definition) is 1. The number of fused-ring (bicyclic) bond motifs is 4. The second kappa shape index (κ2) is 6.06. The molecule has 0 saturated carbocycles. The van der Waals surface area contributed by atoms with Gasteiger partial charge in [-0.25, -0.2) is 4.79 Å². The highest BCUT2D eigenvalue weighted by Gasteiger charge is 2.34. The van der Waals surface area contributed by atoms with Gasteiger partial charge in [-0.15, -0.1) is 0 Å². The number of nitrogens with two attached hydrogens (primary N) is 1. The lowest BCUT2D eigenvalue weighted by Gasteiger charge is -2.25. The van der Waals surface area contributed by atoms with Crippen LogP contribution in [0.3, 0.4) is 0 Å². The Balaban J connectivity index is 1.68. The number of para-hydroxylation sites is 1. The predicted octanol–water partition coefficient (Wildman–Crippen LogP) is 2.93. The molecule has 0 bridgehead atoms. The number of hydrogen-bond acceptors (Lipinski definition) is 7. The van der Waals surface area contributed by atoms with E-state index in [-0.39, 0.29) is 18.2 Å². The minimum atomic E-state index is -0.588. The average molecular weight is 374 g/mol. The molecule has 2 aromatic carbocycles. The Bertz CT molecular complexity index is 1250. The van der Waals surface area contributed by atoms with Crippen LogP contribution in [0.1, 0.15) is 17.0 Å². The lowest BCUT2D eigenvalue weighted by molar-refractivity contribution is 0.174. The first-order valence-electron chi connectivity index (χ1n) is 8.67. The van der Waals surface area contributed by atoms with Crippen molar-refractivity contribution in [3.05, 3.63) is 75.5 Å². The molecular weight excluding hydrogens is 360 g/mol. The lowest BCUT2D eigenvalue weighted by Crippen LogP contribution is -2.26. The molecule has 0 aliphatic carbocycles. The monoisotopic (exact) mass is 374 g/mol. The Morgan fingerprint density at radius 3 is 2.82 bits per heavy atom. The Kier molecular flexibility index (Phi) is 3.52. The summed E-state index contributed by atoms with van der Waals surface area (Å²) in [5.74, 6) is 1.04. The highest BCUT2D eigenvalue weighted by molar-refractivity contribution is 5.85. The SMILES string of the molecule is N#CC1=C(N)Oc2c(c(=O)oc3ccccc23)C1Cc1ccc2c(c1)OCO2. The van der Waals surface area contributed by atoms with E-state index in [9.17, 15) is 10.1 Å². The molecule has 28 heavy (non-hydrogen) atoms. The maximum absolute atomic E-state index is 12.8. The summed E-state index contributed by atoms with van der Waals surface area (Å²) in [7, 11) is 0. The Morgan fingerprint density at radius 1 is 1.14 bits per heavy atom. The van der Waals surface area contributed by atoms with Gasteiger partial charge in [-0.3, -0.25) is 0 Å². The standard InChI is InChI=1S/C21H14N2O5/c22-9-14-13(7-11-5-6-16-17(8-11)26-10-25-16)18-19(28-20(14)23)12-3-1-2-4-15(12)27-21(18)24/h1-6,8,13H,7,10,23H2. The Morgan fingerprint density at radius 2 is 1.96 bits per heavy atom. The zero-order valence-electron chi connectivity index (χ0n) is 14.6. The summed E-state index contributed by atoms with van der Waals surface area (Å²) in [6, 6.07) is 14.7. The second-order valence-corrected chi connectivity index (χ2v) is 6.56. The Labute approximate surface area is 159 Å². The van der Waals surface area contributed by atoms with Gasteiger partial charge in [0.1, 0.15) is 11.7 Å². The van der Waals surface area contributed by atoms with Gasteiger partial charge in [0.2, 0.25) is 12.7 Å². The van der Waals surface area contributed by atoms with Crippen molar-refractivity contribution in [3.63, 3.8) is 0 Å². The van der Waals surface area contributed by atoms with Crippen LogP contribution in [0.4, 0.5) is 0 Å². The van der Waals surface area contributed by atoms with E-state index in [1.807, 2.05) is 18.2 Å². The third kappa shape index (κ3) is 2.39. The maximum Gasteiger partial charge on any atom is 0.343 e. The summed E-state index contributed by atoms with van der Waals surface area (Å²) in [6.07, 6.45) is 0.361. The van der Waals surface area contributed by atoms with Crippen LogP contribution in [0, 0.1) is 11.3 Å². The van der Waals surface area contributed by atoms with Gasteiger partial charge in [-0.2, -0.15) is 5.26 Å². The van der Waals surface area contributed by atoms with Crippen molar-refractivity contribution in [3.8, 4) is 23.3 Å². The molecule has 0 spiro atoms. The van der Waals surface area contributed by atoms with Crippen LogP contribution in [0.15, 0.2) is 63.1 Å². The molecule has 7 nitrogen and oxygen atoms in total. The van der Waals surface area contributed by atoms with Gasteiger partial charge in [0.05, 0.1) is 16.5 Å². The summed E-state index contributed by atoms with van der Waals surface area (Å²) in [5.41, 5.74) is 7.27. The number of nitriles is 1. The third-order valence-corrected chi connectivity index (χ3v) is 4.97. The zero-order chi connectivity index (χ0) is 19.3. The summed E-state index contributed by atoms with van der Waals surface area (Å²) in [6.45, 7) is 0.171. The molecular formula is C21H14N2O5. The number of ether oxygens (including phenoxy) is 3. The van der Waals surface area contributed by atoms with E-state index in [0.717, 1.165) is 5.56 Å². The number of benzene rings is 2. The van der Waals surface area contributed by atoms with E-state index in [4.69, 9.17) is 24.4 Å². The minimum Gasteiger partial charge on any atom is -0.454 e. The largest absolute Gasteiger partial charge is 0.454 e. The molecule has 2 aliphatic rings. The van der Waals surface area contributed by atoms with Crippen molar-refractivity contribution in [2.75, 3.05) is 6.79 Å². The fourth-order valence-electron chi connectivity index (χ4n) is 3.67. The summed E-state index contributed by atoms with van der Waals surface area (Å²) < 4.78 is 21.9. The third-order valence-electron chi connectivity index (χ3n) is 4.97. The van der Waals surface area contributed by atoms with Crippen molar-refractivity contribution in [2.45, 2.75) is 12.3 Å². The van der Waals surface area contributed by atoms with Crippen molar-refractivity contribution in [2.24, 2.45) is 5.73 Å². The molecule has 1 aromatic heterocycles. The van der Waals surface area contributed by atoms with Crippen molar-refractivity contribution in [1.29, 1.82) is 5.26 Å². The van der Waals surface area contributed by atoms with E-state index in [1.54, 1.807) is 24.3 Å². The van der Waals surface area contributed by atoms with Crippen LogP contribution in [-0.2, 0) is 6.42 Å². The van der Waals surface area contributed by atoms with Crippen LogP contribution in [0.2, 0.25) is 0 Å². The van der Waals surface area contributed by atoms with Crippen molar-refractivity contribution in [1.82, 2.24) is 0 Å². The number of allylic oxidation sites excluding steroid dienone is 1. The first kappa shape index (κ1) is 16.3. The molecule has 1 unspecified atom stereocenters. The summed E-state index contributed by atoms with van der Waals surface area (Å²) >= 11 is 0. The topological polar surface area (TPSA) is 108 Å². The van der Waals surface area contributed by atoms with Gasteiger partial charge in [-0.05, 0) is 36.2 Å². The average Bonchev–Trinajstić information content (AvgIpc) is 3.16. The molecule has 3 heterocycles.